The number of benzene rings is 1. The third-order valence-electron chi connectivity index (χ3n) is 2.85. The maximum Gasteiger partial charge on any atom is 0.256 e. The highest BCUT2D eigenvalue weighted by molar-refractivity contribution is 6.28. The van der Waals surface area contributed by atoms with Crippen LogP contribution in [0.5, 0.6) is 0 Å². The van der Waals surface area contributed by atoms with Crippen molar-refractivity contribution in [2.75, 3.05) is 5.32 Å². The Labute approximate surface area is 114 Å². The number of nitrogens with zero attached hydrogens (tertiary/aromatic N) is 2. The Morgan fingerprint density at radius 2 is 2.11 bits per heavy atom. The van der Waals surface area contributed by atoms with Gasteiger partial charge in [0.25, 0.3) is 5.91 Å². The van der Waals surface area contributed by atoms with Gasteiger partial charge >= 0.3 is 0 Å². The number of amides is 1. The monoisotopic (exact) mass is 275 g/mol. The molecule has 5 nitrogen and oxygen atoms in total. The molecule has 19 heavy (non-hydrogen) atoms. The Balaban J connectivity index is 1.81. The molecule has 0 atom stereocenters. The van der Waals surface area contributed by atoms with Crippen molar-refractivity contribution in [3.8, 4) is 0 Å². The first-order valence-electron chi connectivity index (χ1n) is 5.72. The van der Waals surface area contributed by atoms with Crippen molar-refractivity contribution in [3.05, 3.63) is 52.4 Å². The summed E-state index contributed by atoms with van der Waals surface area (Å²) in [6.07, 6.45) is 1.49. The maximum atomic E-state index is 12.1. The zero-order valence-corrected chi connectivity index (χ0v) is 10.6. The molecular weight excluding hydrogens is 266 g/mol. The fourth-order valence-electron chi connectivity index (χ4n) is 1.91. The molecule has 3 rings (SSSR count). The average molecular weight is 276 g/mol. The van der Waals surface area contributed by atoms with E-state index in [9.17, 15) is 4.79 Å². The maximum absolute atomic E-state index is 12.1. The fraction of sp³-hybridized carbons (Fsp3) is 0.154. The van der Waals surface area contributed by atoms with Gasteiger partial charge in [0, 0.05) is 11.8 Å². The molecule has 0 saturated carbocycles. The van der Waals surface area contributed by atoms with Crippen molar-refractivity contribution in [2.24, 2.45) is 0 Å². The lowest BCUT2D eigenvalue weighted by Crippen LogP contribution is -2.13. The van der Waals surface area contributed by atoms with Crippen LogP contribution in [-0.2, 0) is 18.0 Å². The lowest BCUT2D eigenvalue weighted by atomic mass is 10.1. The van der Waals surface area contributed by atoms with Gasteiger partial charge in [0.15, 0.2) is 0 Å². The smallest absolute Gasteiger partial charge is 0.256 e. The van der Waals surface area contributed by atoms with Crippen LogP contribution in [0.3, 0.4) is 0 Å². The summed E-state index contributed by atoms with van der Waals surface area (Å²) in [5.41, 5.74) is 2.74. The first-order valence-corrected chi connectivity index (χ1v) is 6.09. The van der Waals surface area contributed by atoms with Crippen LogP contribution >= 0.6 is 11.6 Å². The molecule has 1 N–H and O–H groups in total. The molecule has 1 aromatic carbocycles. The Morgan fingerprint density at radius 3 is 2.95 bits per heavy atom. The summed E-state index contributed by atoms with van der Waals surface area (Å²) in [7, 11) is 0. The molecule has 0 bridgehead atoms. The molecule has 2 aromatic rings. The van der Waals surface area contributed by atoms with Gasteiger partial charge in [0.2, 0.25) is 5.28 Å². The number of aromatic nitrogens is 2. The number of anilines is 1. The first kappa shape index (κ1) is 12.1. The normalized spacial score (nSPS) is 13.1. The van der Waals surface area contributed by atoms with Crippen LogP contribution in [0.15, 0.2) is 30.5 Å². The molecule has 96 valence electrons. The summed E-state index contributed by atoms with van der Waals surface area (Å²) in [5, 5.41) is 2.77. The van der Waals surface area contributed by atoms with E-state index in [0.717, 1.165) is 11.1 Å². The second kappa shape index (κ2) is 4.95. The zero-order valence-electron chi connectivity index (χ0n) is 9.89. The van der Waals surface area contributed by atoms with Crippen LogP contribution < -0.4 is 5.32 Å². The molecule has 1 aliphatic heterocycles. The Hall–Kier alpha value is -1.98. The van der Waals surface area contributed by atoms with Crippen LogP contribution in [0.25, 0.3) is 0 Å². The van der Waals surface area contributed by atoms with E-state index in [4.69, 9.17) is 16.3 Å². The minimum absolute atomic E-state index is 0.0974. The number of rotatable bonds is 2. The highest BCUT2D eigenvalue weighted by Crippen LogP contribution is 2.21. The van der Waals surface area contributed by atoms with E-state index < -0.39 is 0 Å². The van der Waals surface area contributed by atoms with Gasteiger partial charge < -0.3 is 10.1 Å². The summed E-state index contributed by atoms with van der Waals surface area (Å²) in [5.74, 6) is 0.145. The largest absolute Gasteiger partial charge is 0.372 e. The predicted molar refractivity (Wildman–Crippen MR) is 69.9 cm³/mol. The molecular formula is C13H10ClN3O2. The second-order valence-electron chi connectivity index (χ2n) is 4.14. The van der Waals surface area contributed by atoms with Crippen LogP contribution in [0.1, 0.15) is 21.5 Å². The molecule has 6 heteroatoms. The van der Waals surface area contributed by atoms with Gasteiger partial charge in [-0.2, -0.15) is 0 Å². The SMILES string of the molecule is O=C(Nc1ccnc(Cl)n1)c1ccc2c(c1)COC2. The minimum atomic E-state index is -0.232. The quantitative estimate of drug-likeness (QED) is 0.855. The number of carbonyl (C=O) groups is 1. The molecule has 0 fully saturated rings. The summed E-state index contributed by atoms with van der Waals surface area (Å²) in [6.45, 7) is 1.16. The van der Waals surface area contributed by atoms with Gasteiger partial charge in [-0.1, -0.05) is 6.07 Å². The van der Waals surface area contributed by atoms with Crippen molar-refractivity contribution in [1.82, 2.24) is 9.97 Å². The molecule has 0 spiro atoms. The van der Waals surface area contributed by atoms with E-state index in [0.29, 0.717) is 24.6 Å². The lowest BCUT2D eigenvalue weighted by Gasteiger charge is -2.05. The lowest BCUT2D eigenvalue weighted by molar-refractivity contribution is 0.102. The van der Waals surface area contributed by atoms with Gasteiger partial charge in [0.1, 0.15) is 5.82 Å². The Morgan fingerprint density at radius 1 is 1.26 bits per heavy atom. The topological polar surface area (TPSA) is 64.1 Å². The second-order valence-corrected chi connectivity index (χ2v) is 4.48. The molecule has 0 aliphatic carbocycles. The number of fused-ring (bicyclic) bond motifs is 1. The summed E-state index contributed by atoms with van der Waals surface area (Å²) in [4.78, 5) is 19.7. The Kier molecular flexibility index (Phi) is 3.15. The number of nitrogens with one attached hydrogen (secondary N) is 1. The molecule has 1 amide bonds. The van der Waals surface area contributed by atoms with Crippen molar-refractivity contribution < 1.29 is 9.53 Å². The van der Waals surface area contributed by atoms with E-state index in [1.807, 2.05) is 12.1 Å². The van der Waals surface area contributed by atoms with Crippen LogP contribution in [-0.4, -0.2) is 15.9 Å². The van der Waals surface area contributed by atoms with Crippen molar-refractivity contribution >= 4 is 23.3 Å². The van der Waals surface area contributed by atoms with Crippen LogP contribution in [0.4, 0.5) is 5.82 Å². The molecule has 1 aliphatic rings. The highest BCUT2D eigenvalue weighted by atomic mass is 35.5. The predicted octanol–water partition coefficient (Wildman–Crippen LogP) is 2.41. The first-order chi connectivity index (χ1) is 9.22. The van der Waals surface area contributed by atoms with Gasteiger partial charge in [-0.3, -0.25) is 4.79 Å². The van der Waals surface area contributed by atoms with Gasteiger partial charge in [-0.15, -0.1) is 0 Å². The van der Waals surface area contributed by atoms with Crippen molar-refractivity contribution in [2.45, 2.75) is 13.2 Å². The number of hydrogen-bond acceptors (Lipinski definition) is 4. The summed E-state index contributed by atoms with van der Waals surface area (Å²) < 4.78 is 5.31. The number of ether oxygens (including phenoxy) is 1. The Bertz CT molecular complexity index is 646. The van der Waals surface area contributed by atoms with E-state index in [1.54, 1.807) is 12.1 Å². The average Bonchev–Trinajstić information content (AvgIpc) is 2.85. The van der Waals surface area contributed by atoms with Crippen LogP contribution in [0.2, 0.25) is 5.28 Å². The third-order valence-corrected chi connectivity index (χ3v) is 3.03. The van der Waals surface area contributed by atoms with Gasteiger partial charge in [0.05, 0.1) is 13.2 Å². The van der Waals surface area contributed by atoms with Gasteiger partial charge in [-0.25, -0.2) is 9.97 Å². The summed E-state index contributed by atoms with van der Waals surface area (Å²) in [6, 6.07) is 7.09. The van der Waals surface area contributed by atoms with Crippen molar-refractivity contribution in [3.63, 3.8) is 0 Å². The molecule has 0 unspecified atom stereocenters. The minimum Gasteiger partial charge on any atom is -0.372 e. The molecule has 1 aromatic heterocycles. The standard InChI is InChI=1S/C13H10ClN3O2/c14-13-15-4-3-11(17-13)16-12(18)8-1-2-9-6-19-7-10(9)5-8/h1-5H,6-7H2,(H,15,16,17,18). The van der Waals surface area contributed by atoms with Crippen molar-refractivity contribution in [1.29, 1.82) is 0 Å². The highest BCUT2D eigenvalue weighted by Gasteiger charge is 2.14. The van der Waals surface area contributed by atoms with E-state index in [2.05, 4.69) is 15.3 Å². The van der Waals surface area contributed by atoms with Gasteiger partial charge in [-0.05, 0) is 40.9 Å². The number of hydrogen-bond donors (Lipinski definition) is 1. The van der Waals surface area contributed by atoms with E-state index in [-0.39, 0.29) is 11.2 Å². The van der Waals surface area contributed by atoms with E-state index >= 15 is 0 Å². The number of halogens is 1. The molecule has 0 saturated heterocycles. The van der Waals surface area contributed by atoms with Crippen LogP contribution in [0, 0.1) is 0 Å². The van der Waals surface area contributed by atoms with E-state index in [1.165, 1.54) is 6.20 Å². The molecule has 0 radical (unpaired) electrons. The third kappa shape index (κ3) is 2.57. The zero-order chi connectivity index (χ0) is 13.2. The summed E-state index contributed by atoms with van der Waals surface area (Å²) >= 11 is 5.66. The fourth-order valence-corrected chi connectivity index (χ4v) is 2.05. The molecule has 2 heterocycles. The number of carbonyl (C=O) groups excluding carboxylic acids is 1.